The molecule has 0 aromatic carbocycles. The van der Waals surface area contributed by atoms with Gasteiger partial charge < -0.3 is 15.0 Å². The van der Waals surface area contributed by atoms with Gasteiger partial charge in [-0.2, -0.15) is 5.10 Å². The number of nitrogens with zero attached hydrogens (tertiary/aromatic N) is 4. The second-order valence-electron chi connectivity index (χ2n) is 7.45. The van der Waals surface area contributed by atoms with E-state index in [4.69, 9.17) is 4.74 Å². The Bertz CT molecular complexity index is 801. The first-order chi connectivity index (χ1) is 13.7. The van der Waals surface area contributed by atoms with E-state index in [0.717, 1.165) is 44.0 Å². The van der Waals surface area contributed by atoms with Gasteiger partial charge in [0, 0.05) is 56.6 Å². The number of H-pyrrole nitrogens is 1. The maximum Gasteiger partial charge on any atom is 0.274 e. The van der Waals surface area contributed by atoms with E-state index in [1.165, 1.54) is 5.56 Å². The summed E-state index contributed by atoms with van der Waals surface area (Å²) in [5, 5.41) is 10.6. The Morgan fingerprint density at radius 3 is 3.04 bits per heavy atom. The Balaban J connectivity index is 1.41. The fourth-order valence-electron chi connectivity index (χ4n) is 4.07. The third kappa shape index (κ3) is 4.18. The summed E-state index contributed by atoms with van der Waals surface area (Å²) in [5.41, 5.74) is 2.78. The molecule has 1 atom stereocenters. The molecule has 2 aliphatic heterocycles. The molecule has 2 N–H and O–H groups in total. The summed E-state index contributed by atoms with van der Waals surface area (Å²) in [6, 6.07) is 6.04. The average Bonchev–Trinajstić information content (AvgIpc) is 3.25. The molecule has 8 heteroatoms. The van der Waals surface area contributed by atoms with Crippen molar-refractivity contribution in [3.8, 4) is 0 Å². The van der Waals surface area contributed by atoms with E-state index in [1.54, 1.807) is 0 Å². The summed E-state index contributed by atoms with van der Waals surface area (Å²) in [4.78, 5) is 21.3. The fourth-order valence-corrected chi connectivity index (χ4v) is 4.07. The number of ether oxygens (including phenoxy) is 1. The Kier molecular flexibility index (Phi) is 5.87. The third-order valence-electron chi connectivity index (χ3n) is 5.58. The SMILES string of the molecule is CNc1ncccc1CN1CCCC(c2cc(C(=O)N3CCOCC3)n[nH]2)C1. The van der Waals surface area contributed by atoms with E-state index < -0.39 is 0 Å². The highest BCUT2D eigenvalue weighted by Gasteiger charge is 2.26. The van der Waals surface area contributed by atoms with Crippen LogP contribution in [0.15, 0.2) is 24.4 Å². The summed E-state index contributed by atoms with van der Waals surface area (Å²) < 4.78 is 5.33. The highest BCUT2D eigenvalue weighted by molar-refractivity contribution is 5.92. The molecule has 2 saturated heterocycles. The van der Waals surface area contributed by atoms with E-state index in [-0.39, 0.29) is 5.91 Å². The Hall–Kier alpha value is -2.45. The normalized spacial score (nSPS) is 20.9. The van der Waals surface area contributed by atoms with Crippen LogP contribution < -0.4 is 5.32 Å². The number of morpholine rings is 1. The van der Waals surface area contributed by atoms with Crippen LogP contribution in [0, 0.1) is 0 Å². The highest BCUT2D eigenvalue weighted by Crippen LogP contribution is 2.28. The molecule has 4 rings (SSSR count). The van der Waals surface area contributed by atoms with Gasteiger partial charge in [-0.15, -0.1) is 0 Å². The monoisotopic (exact) mass is 384 g/mol. The molecule has 2 aromatic rings. The van der Waals surface area contributed by atoms with E-state index >= 15 is 0 Å². The largest absolute Gasteiger partial charge is 0.378 e. The minimum atomic E-state index is -0.00696. The first-order valence-electron chi connectivity index (χ1n) is 10.0. The predicted octanol–water partition coefficient (Wildman–Crippen LogP) is 1.70. The van der Waals surface area contributed by atoms with E-state index in [1.807, 2.05) is 30.3 Å². The minimum Gasteiger partial charge on any atom is -0.378 e. The van der Waals surface area contributed by atoms with Crippen molar-refractivity contribution in [1.29, 1.82) is 0 Å². The van der Waals surface area contributed by atoms with E-state index in [2.05, 4.69) is 31.5 Å². The first-order valence-corrected chi connectivity index (χ1v) is 10.0. The number of aromatic amines is 1. The quantitative estimate of drug-likeness (QED) is 0.816. The van der Waals surface area contributed by atoms with Crippen LogP contribution in [0.3, 0.4) is 0 Å². The number of hydrogen-bond acceptors (Lipinski definition) is 6. The van der Waals surface area contributed by atoms with Crippen molar-refractivity contribution < 1.29 is 9.53 Å². The van der Waals surface area contributed by atoms with Gasteiger partial charge in [0.05, 0.1) is 13.2 Å². The lowest BCUT2D eigenvalue weighted by Crippen LogP contribution is -2.40. The predicted molar refractivity (Wildman–Crippen MR) is 106 cm³/mol. The Labute approximate surface area is 165 Å². The number of amides is 1. The maximum atomic E-state index is 12.6. The summed E-state index contributed by atoms with van der Waals surface area (Å²) in [6.45, 7) is 5.36. The lowest BCUT2D eigenvalue weighted by atomic mass is 9.94. The fraction of sp³-hybridized carbons (Fsp3) is 0.550. The third-order valence-corrected chi connectivity index (χ3v) is 5.58. The van der Waals surface area contributed by atoms with Gasteiger partial charge >= 0.3 is 0 Å². The van der Waals surface area contributed by atoms with Gasteiger partial charge in [0.15, 0.2) is 0 Å². The first kappa shape index (κ1) is 18.9. The number of nitrogens with one attached hydrogen (secondary N) is 2. The van der Waals surface area contributed by atoms with Crippen LogP contribution in [-0.2, 0) is 11.3 Å². The van der Waals surface area contributed by atoms with Crippen molar-refractivity contribution in [1.82, 2.24) is 25.0 Å². The molecular weight excluding hydrogens is 356 g/mol. The van der Waals surface area contributed by atoms with Gasteiger partial charge in [-0.05, 0) is 31.5 Å². The van der Waals surface area contributed by atoms with Crippen LogP contribution in [0.25, 0.3) is 0 Å². The molecule has 8 nitrogen and oxygen atoms in total. The molecule has 2 aliphatic rings. The number of rotatable bonds is 5. The second-order valence-corrected chi connectivity index (χ2v) is 7.45. The van der Waals surface area contributed by atoms with Crippen LogP contribution in [0.2, 0.25) is 0 Å². The smallest absolute Gasteiger partial charge is 0.274 e. The van der Waals surface area contributed by atoms with Gasteiger partial charge in [0.1, 0.15) is 11.5 Å². The summed E-state index contributed by atoms with van der Waals surface area (Å²) >= 11 is 0. The van der Waals surface area contributed by atoms with Gasteiger partial charge in [0.2, 0.25) is 0 Å². The van der Waals surface area contributed by atoms with Crippen LogP contribution in [0.1, 0.15) is 40.5 Å². The number of pyridine rings is 1. The standard InChI is InChI=1S/C20H28N6O2/c1-21-19-16(4-2-6-22-19)14-25-7-3-5-15(13-25)17-12-18(24-23-17)20(27)26-8-10-28-11-9-26/h2,4,6,12,15H,3,5,7-11,13-14H2,1H3,(H,21,22)(H,23,24). The van der Waals surface area contributed by atoms with Crippen molar-refractivity contribution in [3.63, 3.8) is 0 Å². The molecule has 4 heterocycles. The van der Waals surface area contributed by atoms with Crippen molar-refractivity contribution in [2.75, 3.05) is 51.8 Å². The number of hydrogen-bond donors (Lipinski definition) is 2. The maximum absolute atomic E-state index is 12.6. The van der Waals surface area contributed by atoms with Crippen LogP contribution in [-0.4, -0.2) is 77.3 Å². The van der Waals surface area contributed by atoms with Gasteiger partial charge in [-0.3, -0.25) is 14.8 Å². The molecule has 0 aliphatic carbocycles. The zero-order valence-electron chi connectivity index (χ0n) is 16.4. The van der Waals surface area contributed by atoms with Gasteiger partial charge in [0.25, 0.3) is 5.91 Å². The molecule has 150 valence electrons. The molecule has 1 unspecified atom stereocenters. The molecule has 0 saturated carbocycles. The number of piperidine rings is 1. The van der Waals surface area contributed by atoms with E-state index in [9.17, 15) is 4.79 Å². The van der Waals surface area contributed by atoms with Crippen molar-refractivity contribution in [3.05, 3.63) is 41.3 Å². The zero-order chi connectivity index (χ0) is 19.3. The molecule has 0 radical (unpaired) electrons. The van der Waals surface area contributed by atoms with Crippen LogP contribution >= 0.6 is 0 Å². The average molecular weight is 384 g/mol. The molecular formula is C20H28N6O2. The summed E-state index contributed by atoms with van der Waals surface area (Å²) in [6.07, 6.45) is 4.05. The van der Waals surface area contributed by atoms with Gasteiger partial charge in [-0.1, -0.05) is 6.07 Å². The van der Waals surface area contributed by atoms with Crippen molar-refractivity contribution in [2.24, 2.45) is 0 Å². The molecule has 2 aromatic heterocycles. The Morgan fingerprint density at radius 1 is 1.36 bits per heavy atom. The van der Waals surface area contributed by atoms with Crippen LogP contribution in [0.4, 0.5) is 5.82 Å². The number of carbonyl (C=O) groups is 1. The van der Waals surface area contributed by atoms with Gasteiger partial charge in [-0.25, -0.2) is 4.98 Å². The lowest BCUT2D eigenvalue weighted by Gasteiger charge is -2.32. The Morgan fingerprint density at radius 2 is 2.21 bits per heavy atom. The lowest BCUT2D eigenvalue weighted by molar-refractivity contribution is 0.0299. The molecule has 0 spiro atoms. The van der Waals surface area contributed by atoms with Crippen LogP contribution in [0.5, 0.6) is 0 Å². The highest BCUT2D eigenvalue weighted by atomic mass is 16.5. The topological polar surface area (TPSA) is 86.4 Å². The number of anilines is 1. The minimum absolute atomic E-state index is 0.00696. The van der Waals surface area contributed by atoms with Crippen molar-refractivity contribution in [2.45, 2.75) is 25.3 Å². The van der Waals surface area contributed by atoms with Crippen molar-refractivity contribution >= 4 is 11.7 Å². The second kappa shape index (κ2) is 8.70. The summed E-state index contributed by atoms with van der Waals surface area (Å²) in [7, 11) is 1.91. The number of likely N-dealkylation sites (tertiary alicyclic amines) is 1. The summed E-state index contributed by atoms with van der Waals surface area (Å²) in [5.74, 6) is 1.29. The zero-order valence-corrected chi connectivity index (χ0v) is 16.4. The molecule has 1 amide bonds. The molecule has 0 bridgehead atoms. The van der Waals surface area contributed by atoms with E-state index in [0.29, 0.717) is 37.9 Å². The molecule has 28 heavy (non-hydrogen) atoms. The number of carbonyl (C=O) groups excluding carboxylic acids is 1. The number of aromatic nitrogens is 3. The molecule has 2 fully saturated rings.